The quantitative estimate of drug-likeness (QED) is 0.647. The summed E-state index contributed by atoms with van der Waals surface area (Å²) in [5, 5.41) is 2.73. The molecule has 0 saturated heterocycles. The summed E-state index contributed by atoms with van der Waals surface area (Å²) < 4.78 is 0. The highest BCUT2D eigenvalue weighted by Crippen LogP contribution is 2.32. The zero-order valence-corrected chi connectivity index (χ0v) is 16.9. The lowest BCUT2D eigenvalue weighted by Crippen LogP contribution is -2.37. The van der Waals surface area contributed by atoms with Gasteiger partial charge in [-0.1, -0.05) is 18.2 Å². The lowest BCUT2D eigenvalue weighted by molar-refractivity contribution is -0.116. The van der Waals surface area contributed by atoms with Crippen molar-refractivity contribution >= 4 is 35.0 Å². The highest BCUT2D eigenvalue weighted by Gasteiger charge is 2.36. The van der Waals surface area contributed by atoms with Crippen molar-refractivity contribution < 1.29 is 19.2 Å². The average Bonchev–Trinajstić information content (AvgIpc) is 3.34. The Kier molecular flexibility index (Phi) is 4.74. The molecule has 5 rings (SSSR count). The van der Waals surface area contributed by atoms with Crippen LogP contribution in [-0.4, -0.2) is 46.6 Å². The summed E-state index contributed by atoms with van der Waals surface area (Å²) in [6, 6.07) is 15.2. The first kappa shape index (κ1) is 19.6. The van der Waals surface area contributed by atoms with E-state index in [1.165, 1.54) is 0 Å². The van der Waals surface area contributed by atoms with Crippen LogP contribution < -0.4 is 10.2 Å². The van der Waals surface area contributed by atoms with Gasteiger partial charge in [-0.05, 0) is 48.4 Å². The van der Waals surface area contributed by atoms with Gasteiger partial charge < -0.3 is 10.2 Å². The van der Waals surface area contributed by atoms with Gasteiger partial charge >= 0.3 is 0 Å². The second kappa shape index (κ2) is 7.73. The lowest BCUT2D eigenvalue weighted by atomic mass is 10.1. The van der Waals surface area contributed by atoms with Gasteiger partial charge in [0.1, 0.15) is 6.54 Å². The average molecular weight is 426 g/mol. The van der Waals surface area contributed by atoms with Gasteiger partial charge in [0, 0.05) is 35.9 Å². The molecule has 0 unspecified atom stereocenters. The van der Waals surface area contributed by atoms with Crippen molar-refractivity contribution in [2.45, 2.75) is 6.42 Å². The van der Waals surface area contributed by atoms with Gasteiger partial charge in [-0.25, -0.2) is 0 Å². The standard InChI is InChI=1S/C24H18N4O4/c29-21(14-28-23(31)18-3-1-2-4-19(18)24(28)32)26-17-6-5-15-9-12-27(20(15)13-17)22(30)16-7-10-25-11-8-16/h1-8,10-11,13H,9,12,14H2,(H,26,29). The Bertz CT molecular complexity index is 1240. The molecule has 158 valence electrons. The topological polar surface area (TPSA) is 99.7 Å². The van der Waals surface area contributed by atoms with Crippen LogP contribution in [-0.2, 0) is 11.2 Å². The van der Waals surface area contributed by atoms with E-state index in [0.717, 1.165) is 22.6 Å². The molecule has 8 heteroatoms. The van der Waals surface area contributed by atoms with Crippen LogP contribution in [0.15, 0.2) is 67.0 Å². The summed E-state index contributed by atoms with van der Waals surface area (Å²) in [7, 11) is 0. The van der Waals surface area contributed by atoms with E-state index in [1.54, 1.807) is 65.8 Å². The van der Waals surface area contributed by atoms with E-state index in [9.17, 15) is 19.2 Å². The molecule has 0 saturated carbocycles. The van der Waals surface area contributed by atoms with Crippen LogP contribution >= 0.6 is 0 Å². The second-order valence-electron chi connectivity index (χ2n) is 7.58. The highest BCUT2D eigenvalue weighted by atomic mass is 16.2. The summed E-state index contributed by atoms with van der Waals surface area (Å²) in [6.45, 7) is 0.159. The summed E-state index contributed by atoms with van der Waals surface area (Å²) >= 11 is 0. The van der Waals surface area contributed by atoms with Crippen LogP contribution in [0.5, 0.6) is 0 Å². The number of benzene rings is 2. The van der Waals surface area contributed by atoms with E-state index in [2.05, 4.69) is 10.3 Å². The third-order valence-corrected chi connectivity index (χ3v) is 5.62. The summed E-state index contributed by atoms with van der Waals surface area (Å²) in [6.07, 6.45) is 3.86. The fourth-order valence-electron chi connectivity index (χ4n) is 4.05. The van der Waals surface area contributed by atoms with E-state index in [4.69, 9.17) is 0 Å². The van der Waals surface area contributed by atoms with Gasteiger partial charge in [-0.2, -0.15) is 0 Å². The van der Waals surface area contributed by atoms with E-state index in [-0.39, 0.29) is 12.5 Å². The Morgan fingerprint density at radius 2 is 1.62 bits per heavy atom. The number of aromatic nitrogens is 1. The molecule has 1 N–H and O–H groups in total. The minimum atomic E-state index is -0.496. The molecule has 4 amide bonds. The third-order valence-electron chi connectivity index (χ3n) is 5.62. The number of carbonyl (C=O) groups is 4. The molecule has 0 fully saturated rings. The van der Waals surface area contributed by atoms with Crippen molar-refractivity contribution in [3.63, 3.8) is 0 Å². The van der Waals surface area contributed by atoms with E-state index < -0.39 is 17.7 Å². The van der Waals surface area contributed by atoms with Crippen molar-refractivity contribution in [3.8, 4) is 0 Å². The van der Waals surface area contributed by atoms with E-state index in [0.29, 0.717) is 28.9 Å². The number of nitrogens with one attached hydrogen (secondary N) is 1. The number of hydrogen-bond acceptors (Lipinski definition) is 5. The number of imide groups is 1. The molecule has 0 spiro atoms. The van der Waals surface area contributed by atoms with Crippen LogP contribution in [0.3, 0.4) is 0 Å². The Morgan fingerprint density at radius 3 is 2.31 bits per heavy atom. The number of anilines is 2. The first-order valence-corrected chi connectivity index (χ1v) is 10.1. The van der Waals surface area contributed by atoms with Gasteiger partial charge in [0.05, 0.1) is 11.1 Å². The molecule has 0 atom stereocenters. The van der Waals surface area contributed by atoms with Crippen molar-refractivity contribution in [1.82, 2.24) is 9.88 Å². The predicted octanol–water partition coefficient (Wildman–Crippen LogP) is 2.52. The van der Waals surface area contributed by atoms with Crippen molar-refractivity contribution in [1.29, 1.82) is 0 Å². The Labute approximate surface area is 183 Å². The number of amides is 4. The second-order valence-corrected chi connectivity index (χ2v) is 7.58. The fraction of sp³-hybridized carbons (Fsp3) is 0.125. The maximum absolute atomic E-state index is 12.9. The molecule has 0 bridgehead atoms. The van der Waals surface area contributed by atoms with Crippen LogP contribution in [0.4, 0.5) is 11.4 Å². The van der Waals surface area contributed by atoms with Crippen molar-refractivity contribution in [3.05, 3.63) is 89.2 Å². The van der Waals surface area contributed by atoms with Gasteiger partial charge in [-0.15, -0.1) is 0 Å². The van der Waals surface area contributed by atoms with Gasteiger partial charge in [0.15, 0.2) is 0 Å². The number of pyridine rings is 1. The molecule has 2 aliphatic heterocycles. The maximum atomic E-state index is 12.9. The highest BCUT2D eigenvalue weighted by molar-refractivity contribution is 6.22. The summed E-state index contributed by atoms with van der Waals surface area (Å²) in [5.74, 6) is -1.60. The number of nitrogens with zero attached hydrogens (tertiary/aromatic N) is 3. The van der Waals surface area contributed by atoms with Crippen molar-refractivity contribution in [2.75, 3.05) is 23.3 Å². The first-order chi connectivity index (χ1) is 15.5. The molecular weight excluding hydrogens is 408 g/mol. The zero-order valence-electron chi connectivity index (χ0n) is 16.9. The fourth-order valence-corrected chi connectivity index (χ4v) is 4.05. The predicted molar refractivity (Wildman–Crippen MR) is 116 cm³/mol. The molecule has 3 aromatic rings. The Hall–Kier alpha value is -4.33. The maximum Gasteiger partial charge on any atom is 0.262 e. The van der Waals surface area contributed by atoms with Crippen LogP contribution in [0, 0.1) is 0 Å². The number of carbonyl (C=O) groups excluding carboxylic acids is 4. The van der Waals surface area contributed by atoms with E-state index >= 15 is 0 Å². The minimum Gasteiger partial charge on any atom is -0.324 e. The van der Waals surface area contributed by atoms with Gasteiger partial charge in [-0.3, -0.25) is 29.1 Å². The van der Waals surface area contributed by atoms with Crippen molar-refractivity contribution in [2.24, 2.45) is 0 Å². The SMILES string of the molecule is O=C(CN1C(=O)c2ccccc2C1=O)Nc1ccc2c(c1)N(C(=O)c1ccncc1)CC2. The van der Waals surface area contributed by atoms with Crippen LogP contribution in [0.1, 0.15) is 36.6 Å². The van der Waals surface area contributed by atoms with E-state index in [1.807, 2.05) is 6.07 Å². The Morgan fingerprint density at radius 1 is 0.938 bits per heavy atom. The van der Waals surface area contributed by atoms with Crippen LogP contribution in [0.2, 0.25) is 0 Å². The molecular formula is C24H18N4O4. The van der Waals surface area contributed by atoms with Gasteiger partial charge in [0.2, 0.25) is 5.91 Å². The molecule has 2 aromatic carbocycles. The third kappa shape index (κ3) is 3.31. The molecule has 0 radical (unpaired) electrons. The normalized spacial score (nSPS) is 14.4. The smallest absolute Gasteiger partial charge is 0.262 e. The largest absolute Gasteiger partial charge is 0.324 e. The summed E-state index contributed by atoms with van der Waals surface area (Å²) in [4.78, 5) is 57.0. The first-order valence-electron chi connectivity index (χ1n) is 10.1. The Balaban J connectivity index is 1.31. The molecule has 1 aromatic heterocycles. The molecule has 0 aliphatic carbocycles. The number of hydrogen-bond donors (Lipinski definition) is 1. The number of fused-ring (bicyclic) bond motifs is 2. The molecule has 32 heavy (non-hydrogen) atoms. The van der Waals surface area contributed by atoms with Gasteiger partial charge in [0.25, 0.3) is 17.7 Å². The van der Waals surface area contributed by atoms with Crippen LogP contribution in [0.25, 0.3) is 0 Å². The monoisotopic (exact) mass is 426 g/mol. The molecule has 3 heterocycles. The minimum absolute atomic E-state index is 0.138. The molecule has 8 nitrogen and oxygen atoms in total. The number of rotatable bonds is 4. The summed E-state index contributed by atoms with van der Waals surface area (Å²) in [5.41, 5.74) is 3.35. The molecule has 2 aliphatic rings. The zero-order chi connectivity index (χ0) is 22.2. The lowest BCUT2D eigenvalue weighted by Gasteiger charge is -2.18.